The largest absolute Gasteiger partial charge is 0.387 e. The summed E-state index contributed by atoms with van der Waals surface area (Å²) in [6, 6.07) is 2.31. The average molecular weight is 328 g/mol. The smallest absolute Gasteiger partial charge is 0.263 e. The van der Waals surface area contributed by atoms with E-state index in [-0.39, 0.29) is 35.3 Å². The van der Waals surface area contributed by atoms with Gasteiger partial charge in [-0.3, -0.25) is 24.3 Å². The molecule has 2 heterocycles. The summed E-state index contributed by atoms with van der Waals surface area (Å²) in [7, 11) is 7.71. The number of fused-ring (bicyclic) bond motifs is 1. The number of rotatable bonds is 2. The Labute approximate surface area is 137 Å². The molecule has 1 aliphatic heterocycles. The molecule has 7 nitrogen and oxygen atoms in total. The third-order valence-corrected chi connectivity index (χ3v) is 4.15. The Balaban J connectivity index is 2.34. The maximum atomic E-state index is 13.7. The molecule has 2 aromatic rings. The molecule has 3 rings (SSSR count). The van der Waals surface area contributed by atoms with Crippen molar-refractivity contribution in [2.24, 2.45) is 0 Å². The second-order valence-electron chi connectivity index (χ2n) is 5.70. The summed E-state index contributed by atoms with van der Waals surface area (Å²) in [6.45, 7) is 1.50. The summed E-state index contributed by atoms with van der Waals surface area (Å²) in [5, 5.41) is 5.01. The predicted molar refractivity (Wildman–Crippen MR) is 86.4 cm³/mol. The second kappa shape index (κ2) is 5.43. The highest BCUT2D eigenvalue weighted by molar-refractivity contribution is 6.28. The zero-order valence-electron chi connectivity index (χ0n) is 13.1. The molecule has 0 spiro atoms. The highest BCUT2D eigenvalue weighted by Gasteiger charge is 2.41. The van der Waals surface area contributed by atoms with Gasteiger partial charge in [0.05, 0.1) is 22.0 Å². The van der Waals surface area contributed by atoms with Gasteiger partial charge in [0.15, 0.2) is 0 Å². The summed E-state index contributed by atoms with van der Waals surface area (Å²) in [5.74, 6) is -1.59. The van der Waals surface area contributed by atoms with Crippen molar-refractivity contribution in [2.75, 3.05) is 12.4 Å². The fraction of sp³-hybridized carbons (Fsp3) is 0.333. The zero-order chi connectivity index (χ0) is 17.6. The van der Waals surface area contributed by atoms with Crippen LogP contribution in [0.5, 0.6) is 0 Å². The number of piperidine rings is 1. The minimum atomic E-state index is -1.73. The van der Waals surface area contributed by atoms with E-state index < -0.39 is 28.6 Å². The van der Waals surface area contributed by atoms with Gasteiger partial charge in [0.2, 0.25) is 11.8 Å². The summed E-state index contributed by atoms with van der Waals surface area (Å²) in [4.78, 5) is 40.8. The number of nitrogens with zero attached hydrogens (tertiary/aromatic N) is 2. The summed E-state index contributed by atoms with van der Waals surface area (Å²) >= 11 is 0. The van der Waals surface area contributed by atoms with Gasteiger partial charge in [0.25, 0.3) is 5.56 Å². The fourth-order valence-corrected chi connectivity index (χ4v) is 2.98. The molecule has 1 aromatic heterocycles. The number of imide groups is 1. The second-order valence-corrected chi connectivity index (χ2v) is 5.70. The van der Waals surface area contributed by atoms with E-state index in [2.05, 4.69) is 15.6 Å². The maximum absolute atomic E-state index is 13.7. The van der Waals surface area contributed by atoms with Crippen LogP contribution in [0.1, 0.15) is 18.7 Å². The molecule has 122 valence electrons. The number of nitrogens with one attached hydrogen (secondary N) is 2. The third-order valence-electron chi connectivity index (χ3n) is 4.15. The Hall–Kier alpha value is -2.71. The predicted octanol–water partition coefficient (Wildman–Crippen LogP) is 0.144. The topological polar surface area (TPSA) is 93.1 Å². The standard InChI is InChI=1S/C15H14BFN4O3/c1-7-19-10-6-8(17)5-9(18-2)12(10)13(23)21(7)15(16)4-3-11(22)20-14(15)24/h5-6,18H,3-4H2,1-2H3,(H,20,22,24). The molecular formula is C15H14BFN4O3. The van der Waals surface area contributed by atoms with Crippen molar-refractivity contribution in [2.45, 2.75) is 25.2 Å². The third kappa shape index (κ3) is 2.27. The summed E-state index contributed by atoms with van der Waals surface area (Å²) < 4.78 is 14.7. The highest BCUT2D eigenvalue weighted by Crippen LogP contribution is 2.26. The Morgan fingerprint density at radius 3 is 2.71 bits per heavy atom. The maximum Gasteiger partial charge on any atom is 0.263 e. The molecule has 2 amide bonds. The fourth-order valence-electron chi connectivity index (χ4n) is 2.98. The van der Waals surface area contributed by atoms with E-state index >= 15 is 0 Å². The first-order valence-corrected chi connectivity index (χ1v) is 7.32. The Morgan fingerprint density at radius 2 is 2.08 bits per heavy atom. The van der Waals surface area contributed by atoms with Crippen LogP contribution in [-0.4, -0.2) is 36.3 Å². The SMILES string of the molecule is [B]C1(n2c(C)nc3cc(F)cc(NC)c3c2=O)CCC(=O)NC1=O. The molecule has 9 heteroatoms. The molecule has 2 N–H and O–H groups in total. The number of carbonyl (C=O) groups excluding carboxylic acids is 2. The molecule has 0 bridgehead atoms. The lowest BCUT2D eigenvalue weighted by molar-refractivity contribution is -0.137. The Kier molecular flexibility index (Phi) is 3.66. The molecule has 1 aliphatic rings. The minimum absolute atomic E-state index is 0.00839. The van der Waals surface area contributed by atoms with Crippen molar-refractivity contribution < 1.29 is 14.0 Å². The molecule has 1 saturated heterocycles. The van der Waals surface area contributed by atoms with E-state index in [0.717, 1.165) is 10.6 Å². The van der Waals surface area contributed by atoms with Crippen molar-refractivity contribution in [1.29, 1.82) is 0 Å². The molecule has 2 radical (unpaired) electrons. The number of hydrogen-bond acceptors (Lipinski definition) is 5. The van der Waals surface area contributed by atoms with Crippen LogP contribution in [0.4, 0.5) is 10.1 Å². The first-order valence-electron chi connectivity index (χ1n) is 7.32. The van der Waals surface area contributed by atoms with Crippen LogP contribution in [0, 0.1) is 12.7 Å². The number of aryl methyl sites for hydroxylation is 1. The normalized spacial score (nSPS) is 21.0. The number of anilines is 1. The molecule has 0 saturated carbocycles. The van der Waals surface area contributed by atoms with Crippen molar-refractivity contribution in [1.82, 2.24) is 14.9 Å². The van der Waals surface area contributed by atoms with Crippen LogP contribution < -0.4 is 16.2 Å². The molecule has 1 unspecified atom stereocenters. The van der Waals surface area contributed by atoms with E-state index in [1.54, 1.807) is 7.05 Å². The van der Waals surface area contributed by atoms with Gasteiger partial charge in [-0.2, -0.15) is 0 Å². The lowest BCUT2D eigenvalue weighted by Crippen LogP contribution is -2.58. The lowest BCUT2D eigenvalue weighted by Gasteiger charge is -2.35. The van der Waals surface area contributed by atoms with E-state index in [4.69, 9.17) is 7.85 Å². The molecule has 1 atom stereocenters. The van der Waals surface area contributed by atoms with Crippen LogP contribution in [-0.2, 0) is 15.0 Å². The van der Waals surface area contributed by atoms with Gasteiger partial charge >= 0.3 is 0 Å². The van der Waals surface area contributed by atoms with Gasteiger partial charge in [0, 0.05) is 19.5 Å². The zero-order valence-corrected chi connectivity index (χ0v) is 13.1. The van der Waals surface area contributed by atoms with Gasteiger partial charge in [-0.05, 0) is 19.4 Å². The van der Waals surface area contributed by atoms with Gasteiger partial charge in [-0.25, -0.2) is 9.37 Å². The number of carbonyl (C=O) groups is 2. The van der Waals surface area contributed by atoms with Crippen molar-refractivity contribution in [3.63, 3.8) is 0 Å². The number of aromatic nitrogens is 2. The van der Waals surface area contributed by atoms with Gasteiger partial charge in [0.1, 0.15) is 19.5 Å². The van der Waals surface area contributed by atoms with E-state index in [1.165, 1.54) is 13.0 Å². The quantitative estimate of drug-likeness (QED) is 0.604. The first kappa shape index (κ1) is 16.2. The van der Waals surface area contributed by atoms with Crippen LogP contribution in [0.2, 0.25) is 0 Å². The van der Waals surface area contributed by atoms with E-state index in [1.807, 2.05) is 0 Å². The van der Waals surface area contributed by atoms with Gasteiger partial charge in [-0.1, -0.05) is 0 Å². The number of benzene rings is 1. The Bertz CT molecular complexity index is 942. The Morgan fingerprint density at radius 1 is 1.38 bits per heavy atom. The van der Waals surface area contributed by atoms with Crippen LogP contribution in [0.25, 0.3) is 10.9 Å². The van der Waals surface area contributed by atoms with Crippen molar-refractivity contribution >= 4 is 36.3 Å². The van der Waals surface area contributed by atoms with Crippen LogP contribution in [0.15, 0.2) is 16.9 Å². The van der Waals surface area contributed by atoms with Crippen molar-refractivity contribution in [3.8, 4) is 0 Å². The number of amides is 2. The molecule has 0 aliphatic carbocycles. The highest BCUT2D eigenvalue weighted by atomic mass is 19.1. The summed E-state index contributed by atoms with van der Waals surface area (Å²) in [5.41, 5.74) is -1.90. The van der Waals surface area contributed by atoms with Gasteiger partial charge in [-0.15, -0.1) is 0 Å². The molecule has 24 heavy (non-hydrogen) atoms. The minimum Gasteiger partial charge on any atom is -0.387 e. The lowest BCUT2D eigenvalue weighted by atomic mass is 9.71. The average Bonchev–Trinajstić information content (AvgIpc) is 2.50. The summed E-state index contributed by atoms with van der Waals surface area (Å²) in [6.07, 6.45) is -0.0177. The molecule has 1 aromatic carbocycles. The van der Waals surface area contributed by atoms with Gasteiger partial charge < -0.3 is 5.32 Å². The number of halogens is 1. The van der Waals surface area contributed by atoms with Crippen LogP contribution in [0.3, 0.4) is 0 Å². The van der Waals surface area contributed by atoms with Crippen LogP contribution >= 0.6 is 0 Å². The van der Waals surface area contributed by atoms with E-state index in [9.17, 15) is 18.8 Å². The number of hydrogen-bond donors (Lipinski definition) is 2. The monoisotopic (exact) mass is 328 g/mol. The molecular weight excluding hydrogens is 314 g/mol. The van der Waals surface area contributed by atoms with Crippen molar-refractivity contribution in [3.05, 3.63) is 34.1 Å². The first-order chi connectivity index (χ1) is 11.3. The molecule has 1 fully saturated rings. The van der Waals surface area contributed by atoms with E-state index in [0.29, 0.717) is 0 Å².